The van der Waals surface area contributed by atoms with Crippen LogP contribution >= 0.6 is 0 Å². The van der Waals surface area contributed by atoms with Crippen LogP contribution in [0.2, 0.25) is 0 Å². The van der Waals surface area contributed by atoms with E-state index in [1.54, 1.807) is 4.90 Å². The van der Waals surface area contributed by atoms with Crippen molar-refractivity contribution in [3.63, 3.8) is 0 Å². The standard InChI is InChI=1S/C13H22N2O5/c1-2-15(8-9-6-7-9)13(20)14-10(12(18)19)4-3-5-11(16)17/h9-10H,2-8H2,1H3,(H,14,20)(H,16,17)(H,18,19)/t10-/m1/s1. The Morgan fingerprint density at radius 3 is 2.40 bits per heavy atom. The molecule has 0 aliphatic heterocycles. The zero-order valence-electron chi connectivity index (χ0n) is 11.7. The van der Waals surface area contributed by atoms with Gasteiger partial charge in [0.2, 0.25) is 0 Å². The minimum absolute atomic E-state index is 0.0980. The predicted octanol–water partition coefficient (Wildman–Crippen LogP) is 1.14. The number of hydrogen-bond donors (Lipinski definition) is 3. The van der Waals surface area contributed by atoms with E-state index in [2.05, 4.69) is 5.32 Å². The van der Waals surface area contributed by atoms with Crippen LogP contribution in [0, 0.1) is 5.92 Å². The summed E-state index contributed by atoms with van der Waals surface area (Å²) < 4.78 is 0. The third kappa shape index (κ3) is 5.90. The van der Waals surface area contributed by atoms with Crippen molar-refractivity contribution in [1.29, 1.82) is 0 Å². The van der Waals surface area contributed by atoms with Gasteiger partial charge < -0.3 is 20.4 Å². The maximum Gasteiger partial charge on any atom is 0.326 e. The molecule has 2 amide bonds. The van der Waals surface area contributed by atoms with Crippen molar-refractivity contribution >= 4 is 18.0 Å². The van der Waals surface area contributed by atoms with E-state index in [9.17, 15) is 14.4 Å². The number of carbonyl (C=O) groups excluding carboxylic acids is 1. The van der Waals surface area contributed by atoms with Crippen molar-refractivity contribution in [1.82, 2.24) is 10.2 Å². The second kappa shape index (κ2) is 7.72. The fourth-order valence-electron chi connectivity index (χ4n) is 1.92. The Kier molecular flexibility index (Phi) is 6.27. The minimum Gasteiger partial charge on any atom is -0.481 e. The largest absolute Gasteiger partial charge is 0.481 e. The van der Waals surface area contributed by atoms with Crippen LogP contribution in [0.1, 0.15) is 39.0 Å². The van der Waals surface area contributed by atoms with Gasteiger partial charge in [-0.25, -0.2) is 9.59 Å². The molecule has 0 saturated heterocycles. The Balaban J connectivity index is 2.43. The van der Waals surface area contributed by atoms with Gasteiger partial charge in [-0.3, -0.25) is 4.79 Å². The Morgan fingerprint density at radius 2 is 1.95 bits per heavy atom. The van der Waals surface area contributed by atoms with Crippen molar-refractivity contribution in [3.05, 3.63) is 0 Å². The van der Waals surface area contributed by atoms with E-state index in [-0.39, 0.29) is 25.3 Å². The van der Waals surface area contributed by atoms with Gasteiger partial charge in [-0.15, -0.1) is 0 Å². The SMILES string of the molecule is CCN(CC1CC1)C(=O)N[C@H](CCCC(=O)O)C(=O)O. The number of nitrogens with one attached hydrogen (secondary N) is 1. The van der Waals surface area contributed by atoms with E-state index in [1.165, 1.54) is 0 Å². The van der Waals surface area contributed by atoms with E-state index in [0.717, 1.165) is 12.8 Å². The summed E-state index contributed by atoms with van der Waals surface area (Å²) in [6.45, 7) is 3.04. The van der Waals surface area contributed by atoms with E-state index in [1.807, 2.05) is 6.92 Å². The van der Waals surface area contributed by atoms with Gasteiger partial charge in [0.25, 0.3) is 0 Å². The van der Waals surface area contributed by atoms with Gasteiger partial charge in [-0.2, -0.15) is 0 Å². The fourth-order valence-corrected chi connectivity index (χ4v) is 1.92. The average Bonchev–Trinajstić information content (AvgIpc) is 3.17. The summed E-state index contributed by atoms with van der Waals surface area (Å²) in [6, 6.07) is -1.42. The first-order valence-electron chi connectivity index (χ1n) is 6.94. The monoisotopic (exact) mass is 286 g/mol. The first-order valence-corrected chi connectivity index (χ1v) is 6.94. The van der Waals surface area contributed by atoms with Gasteiger partial charge in [-0.05, 0) is 38.5 Å². The van der Waals surface area contributed by atoms with E-state index < -0.39 is 18.0 Å². The molecule has 0 aromatic carbocycles. The van der Waals surface area contributed by atoms with Crippen molar-refractivity contribution in [2.75, 3.05) is 13.1 Å². The number of urea groups is 1. The van der Waals surface area contributed by atoms with Crippen molar-refractivity contribution in [3.8, 4) is 0 Å². The summed E-state index contributed by atoms with van der Waals surface area (Å²) in [6.07, 6.45) is 2.48. The van der Waals surface area contributed by atoms with E-state index in [4.69, 9.17) is 10.2 Å². The van der Waals surface area contributed by atoms with Crippen LogP contribution in [0.4, 0.5) is 4.79 Å². The molecule has 7 heteroatoms. The molecule has 0 aromatic rings. The number of aliphatic carboxylic acids is 2. The molecule has 1 atom stereocenters. The maximum absolute atomic E-state index is 12.0. The van der Waals surface area contributed by atoms with Gasteiger partial charge in [0, 0.05) is 19.5 Å². The molecule has 7 nitrogen and oxygen atoms in total. The van der Waals surface area contributed by atoms with Crippen LogP contribution in [-0.2, 0) is 9.59 Å². The van der Waals surface area contributed by atoms with Gasteiger partial charge in [0.15, 0.2) is 0 Å². The second-order valence-electron chi connectivity index (χ2n) is 5.11. The molecule has 1 aliphatic rings. The number of carboxylic acid groups (broad SMARTS) is 2. The molecule has 114 valence electrons. The minimum atomic E-state index is -1.13. The highest BCUT2D eigenvalue weighted by molar-refractivity contribution is 5.82. The first kappa shape index (κ1) is 16.3. The lowest BCUT2D eigenvalue weighted by Gasteiger charge is -2.23. The molecule has 20 heavy (non-hydrogen) atoms. The summed E-state index contributed by atoms with van der Waals surface area (Å²) in [7, 11) is 0. The van der Waals surface area contributed by atoms with E-state index in [0.29, 0.717) is 19.0 Å². The first-order chi connectivity index (χ1) is 9.43. The van der Waals surface area contributed by atoms with Crippen LogP contribution in [0.5, 0.6) is 0 Å². The highest BCUT2D eigenvalue weighted by Gasteiger charge is 2.28. The van der Waals surface area contributed by atoms with E-state index >= 15 is 0 Å². The summed E-state index contributed by atoms with van der Waals surface area (Å²) in [5.41, 5.74) is 0. The fraction of sp³-hybridized carbons (Fsp3) is 0.769. The topological polar surface area (TPSA) is 107 Å². The average molecular weight is 286 g/mol. The van der Waals surface area contributed by atoms with Crippen LogP contribution in [0.25, 0.3) is 0 Å². The normalized spacial score (nSPS) is 15.4. The lowest BCUT2D eigenvalue weighted by molar-refractivity contribution is -0.140. The molecule has 1 saturated carbocycles. The quantitative estimate of drug-likeness (QED) is 0.589. The molecule has 1 fully saturated rings. The molecular weight excluding hydrogens is 264 g/mol. The maximum atomic E-state index is 12.0. The smallest absolute Gasteiger partial charge is 0.326 e. The number of nitrogens with zero attached hydrogens (tertiary/aromatic N) is 1. The molecule has 0 aromatic heterocycles. The molecule has 1 aliphatic carbocycles. The summed E-state index contributed by atoms with van der Waals surface area (Å²) in [4.78, 5) is 35.1. The summed E-state index contributed by atoms with van der Waals surface area (Å²) in [5.74, 6) is -1.56. The zero-order chi connectivity index (χ0) is 15.1. The molecule has 0 radical (unpaired) electrons. The Bertz CT molecular complexity index is 368. The number of amides is 2. The summed E-state index contributed by atoms with van der Waals surface area (Å²) >= 11 is 0. The number of rotatable bonds is 9. The van der Waals surface area contributed by atoms with Gasteiger partial charge in [-0.1, -0.05) is 0 Å². The lowest BCUT2D eigenvalue weighted by Crippen LogP contribution is -2.48. The van der Waals surface area contributed by atoms with Gasteiger partial charge in [0.05, 0.1) is 0 Å². The van der Waals surface area contributed by atoms with Crippen LogP contribution < -0.4 is 5.32 Å². The summed E-state index contributed by atoms with van der Waals surface area (Å²) in [5, 5.41) is 20.1. The van der Waals surface area contributed by atoms with Crippen LogP contribution in [0.15, 0.2) is 0 Å². The van der Waals surface area contributed by atoms with Crippen molar-refractivity contribution < 1.29 is 24.6 Å². The third-order valence-corrected chi connectivity index (χ3v) is 3.32. The lowest BCUT2D eigenvalue weighted by atomic mass is 10.1. The zero-order valence-corrected chi connectivity index (χ0v) is 11.7. The molecule has 0 heterocycles. The highest BCUT2D eigenvalue weighted by atomic mass is 16.4. The van der Waals surface area contributed by atoms with Crippen molar-refractivity contribution in [2.45, 2.75) is 45.1 Å². The second-order valence-corrected chi connectivity index (χ2v) is 5.11. The molecule has 0 spiro atoms. The molecular formula is C13H22N2O5. The third-order valence-electron chi connectivity index (χ3n) is 3.32. The molecule has 0 bridgehead atoms. The molecule has 0 unspecified atom stereocenters. The van der Waals surface area contributed by atoms with Gasteiger partial charge >= 0.3 is 18.0 Å². The van der Waals surface area contributed by atoms with Gasteiger partial charge in [0.1, 0.15) is 6.04 Å². The molecule has 3 N–H and O–H groups in total. The highest BCUT2D eigenvalue weighted by Crippen LogP contribution is 2.29. The number of carboxylic acids is 2. The van der Waals surface area contributed by atoms with Crippen LogP contribution in [-0.4, -0.2) is 52.2 Å². The van der Waals surface area contributed by atoms with Crippen LogP contribution in [0.3, 0.4) is 0 Å². The Morgan fingerprint density at radius 1 is 1.30 bits per heavy atom. The number of hydrogen-bond acceptors (Lipinski definition) is 3. The number of carbonyl (C=O) groups is 3. The predicted molar refractivity (Wildman–Crippen MR) is 71.4 cm³/mol. The molecule has 1 rings (SSSR count). The Labute approximate surface area is 117 Å². The Hall–Kier alpha value is -1.79. The van der Waals surface area contributed by atoms with Crippen molar-refractivity contribution in [2.24, 2.45) is 5.92 Å².